The number of nitrogens with zero attached hydrogens (tertiary/aromatic N) is 4. The Balaban J connectivity index is 0.000000181. The molecule has 20 heteroatoms. The van der Waals surface area contributed by atoms with Crippen LogP contribution in [0.1, 0.15) is 76.4 Å². The van der Waals surface area contributed by atoms with E-state index < -0.39 is 29.7 Å². The molecular weight excluding hydrogens is 1240 g/mol. The molecule has 10 rings (SSSR count). The molecule has 10 aromatic carbocycles. The Morgan fingerprint density at radius 2 is 0.828 bits per heavy atom. The molecule has 11 N–H and O–H groups in total. The van der Waals surface area contributed by atoms with Gasteiger partial charge in [0.2, 0.25) is 0 Å². The molecule has 0 spiro atoms. The molecule has 10 aromatic rings. The van der Waals surface area contributed by atoms with E-state index in [-0.39, 0.29) is 44.3 Å². The molecule has 0 saturated heterocycles. The number of carboxylic acids is 1. The summed E-state index contributed by atoms with van der Waals surface area (Å²) < 4.78 is 0. The molecule has 17 nitrogen and oxygen atoms in total. The minimum absolute atomic E-state index is 0.0418. The van der Waals surface area contributed by atoms with Crippen LogP contribution < -0.4 is 27.7 Å². The van der Waals surface area contributed by atoms with E-state index in [0.29, 0.717) is 24.2 Å². The number of aliphatic carboxylic acids is 1. The van der Waals surface area contributed by atoms with E-state index in [2.05, 4.69) is 91.2 Å². The van der Waals surface area contributed by atoms with Crippen molar-refractivity contribution in [2.75, 3.05) is 20.1 Å². The number of phenols is 3. The van der Waals surface area contributed by atoms with Crippen molar-refractivity contribution in [2.45, 2.75) is 19.0 Å². The lowest BCUT2D eigenvalue weighted by Crippen LogP contribution is -2.29. The largest absolute Gasteiger partial charge is 0.506 e. The van der Waals surface area contributed by atoms with Crippen molar-refractivity contribution in [1.29, 1.82) is 0 Å². The molecule has 0 fully saturated rings. The maximum absolute atomic E-state index is 12.3. The Bertz CT molecular complexity index is 4720. The zero-order valence-corrected chi connectivity index (χ0v) is 51.9. The lowest BCUT2D eigenvalue weighted by molar-refractivity contribution is -0.138. The highest BCUT2D eigenvalue weighted by Gasteiger charge is 2.13. The number of rotatable bonds is 14. The van der Waals surface area contributed by atoms with Crippen molar-refractivity contribution in [3.63, 3.8) is 0 Å². The number of hydrogen-bond donors (Lipinski definition) is 9. The van der Waals surface area contributed by atoms with E-state index in [0.717, 1.165) is 72.2 Å². The number of amides is 3. The van der Waals surface area contributed by atoms with Gasteiger partial charge >= 0.3 is 5.97 Å². The second kappa shape index (κ2) is 33.5. The number of hydrogen-bond acceptors (Lipinski definition) is 13. The van der Waals surface area contributed by atoms with E-state index >= 15 is 0 Å². The SMILES string of the molecule is CN(CC#Cc1ccc(/C=N/NC(=O)c2ccc(O)c(Cl)c2)c2ccccc12)Cc1ccccc1.NC(CC#Cc1ccc(/C=N/NC(=O)c2ccc(O)c(Cl)c2)c2ccccc12)C(=O)O.NCC#Cc1ccc(/C=N/NC(=O)c2ccc(O)c(Cl)c2)c2ccccc12. The molecule has 0 bridgehead atoms. The summed E-state index contributed by atoms with van der Waals surface area (Å²) in [5, 5.41) is 55.3. The first kappa shape index (κ1) is 67.6. The molecule has 0 heterocycles. The fraction of sp³-hybridized carbons (Fsp3) is 0.0822. The van der Waals surface area contributed by atoms with Gasteiger partial charge in [-0.2, -0.15) is 15.3 Å². The summed E-state index contributed by atoms with van der Waals surface area (Å²) in [4.78, 5) is 49.6. The van der Waals surface area contributed by atoms with Crippen LogP contribution in [0.25, 0.3) is 32.3 Å². The van der Waals surface area contributed by atoms with Crippen LogP contribution in [0.4, 0.5) is 0 Å². The number of carbonyl (C=O) groups excluding carboxylic acids is 3. The molecule has 93 heavy (non-hydrogen) atoms. The summed E-state index contributed by atoms with van der Waals surface area (Å²) in [7, 11) is 2.06. The summed E-state index contributed by atoms with van der Waals surface area (Å²) >= 11 is 17.5. The van der Waals surface area contributed by atoms with Gasteiger partial charge in [0.25, 0.3) is 17.7 Å². The van der Waals surface area contributed by atoms with Crippen LogP contribution in [0.2, 0.25) is 15.1 Å². The molecule has 0 aliphatic heterocycles. The fourth-order valence-corrected chi connectivity index (χ4v) is 9.50. The number of carbonyl (C=O) groups is 4. The lowest BCUT2D eigenvalue weighted by Gasteiger charge is -2.12. The first-order valence-corrected chi connectivity index (χ1v) is 29.5. The second-order valence-corrected chi connectivity index (χ2v) is 21.5. The smallest absolute Gasteiger partial charge is 0.321 e. The Morgan fingerprint density at radius 1 is 0.484 bits per heavy atom. The Morgan fingerprint density at radius 3 is 1.18 bits per heavy atom. The summed E-state index contributed by atoms with van der Waals surface area (Å²) in [6, 6.07) is 56.4. The lowest BCUT2D eigenvalue weighted by atomic mass is 10.00. The van der Waals surface area contributed by atoms with E-state index in [4.69, 9.17) is 51.4 Å². The van der Waals surface area contributed by atoms with Crippen LogP contribution in [-0.4, -0.2) is 93.8 Å². The fourth-order valence-electron chi connectivity index (χ4n) is 8.96. The number of halogens is 3. The maximum Gasteiger partial charge on any atom is 0.321 e. The van der Waals surface area contributed by atoms with Gasteiger partial charge in [0.05, 0.1) is 46.8 Å². The van der Waals surface area contributed by atoms with Crippen LogP contribution in [0.15, 0.2) is 209 Å². The quantitative estimate of drug-likeness (QED) is 0.0280. The Labute approximate surface area is 550 Å². The molecule has 0 radical (unpaired) electrons. The van der Waals surface area contributed by atoms with Crippen molar-refractivity contribution < 1.29 is 39.6 Å². The van der Waals surface area contributed by atoms with Crippen molar-refractivity contribution in [1.82, 2.24) is 21.2 Å². The van der Waals surface area contributed by atoms with Gasteiger partial charge in [-0.25, -0.2) is 16.3 Å². The topological polar surface area (TPSA) is 278 Å². The highest BCUT2D eigenvalue weighted by atomic mass is 35.5. The summed E-state index contributed by atoms with van der Waals surface area (Å²) in [6.45, 7) is 1.79. The Kier molecular flexibility index (Phi) is 24.4. The molecule has 3 amide bonds. The normalized spacial score (nSPS) is 11.1. The number of nitrogens with two attached hydrogens (primary N) is 2. The standard InChI is InChI=1S/C29H24ClN3O2.C23H18ClN3O4.C21H16ClN3O2/c1-33(20-21-8-3-2-4-9-21)17-7-10-22-13-14-24(26-12-6-5-11-25(22)26)19-31-32-29(35)23-15-16-28(34)27(30)18-23;24-19-12-15(10-11-21(19)28)22(29)27-26-13-16-9-8-14(4-3-7-20(25)23(30)31)17-5-1-2-6-18(16)17;22-19-12-15(9-10-20(19)26)21(27)25-24-13-16-8-7-14(4-3-11-23)17-5-1-2-6-18(16)17/h2-6,8-9,11-16,18-19,34H,17,20H2,1H3,(H,32,35);1-2,5-6,8-13,20,28H,7,25H2,(H,27,29)(H,30,31);1-2,5-10,12-13,26H,11,23H2,(H,25,27)/b31-19+;26-13+;24-13+. The van der Waals surface area contributed by atoms with E-state index in [1.54, 1.807) is 24.6 Å². The van der Waals surface area contributed by atoms with Crippen molar-refractivity contribution >= 4 is 109 Å². The molecule has 0 aliphatic rings. The molecule has 0 aromatic heterocycles. The van der Waals surface area contributed by atoms with Gasteiger partial charge in [-0.05, 0) is 118 Å². The summed E-state index contributed by atoms with van der Waals surface area (Å²) in [5.41, 5.74) is 25.4. The number of hydrazone groups is 3. The summed E-state index contributed by atoms with van der Waals surface area (Å²) in [5.74, 6) is 15.6. The molecule has 0 saturated carbocycles. The predicted octanol–water partition coefficient (Wildman–Crippen LogP) is 11.8. The van der Waals surface area contributed by atoms with Crippen molar-refractivity contribution in [2.24, 2.45) is 26.8 Å². The highest BCUT2D eigenvalue weighted by Crippen LogP contribution is 2.28. The van der Waals surface area contributed by atoms with Crippen molar-refractivity contribution in [3.8, 4) is 52.8 Å². The molecule has 1 unspecified atom stereocenters. The third kappa shape index (κ3) is 19.1. The van der Waals surface area contributed by atoms with E-state index in [9.17, 15) is 34.5 Å². The van der Waals surface area contributed by atoms with Gasteiger partial charge < -0.3 is 31.9 Å². The number of carboxylic acid groups (broad SMARTS) is 1. The van der Waals surface area contributed by atoms with Crippen LogP contribution in [0.3, 0.4) is 0 Å². The van der Waals surface area contributed by atoms with Gasteiger partial charge in [-0.1, -0.05) is 192 Å². The van der Waals surface area contributed by atoms with Crippen molar-refractivity contribution in [3.05, 3.63) is 265 Å². The third-order valence-electron chi connectivity index (χ3n) is 13.7. The van der Waals surface area contributed by atoms with Gasteiger partial charge in [0.1, 0.15) is 23.3 Å². The zero-order chi connectivity index (χ0) is 66.2. The second-order valence-electron chi connectivity index (χ2n) is 20.3. The van der Waals surface area contributed by atoms with Gasteiger partial charge in [-0.3, -0.25) is 24.1 Å². The predicted molar refractivity (Wildman–Crippen MR) is 369 cm³/mol. The number of aromatic hydroxyl groups is 3. The van der Waals surface area contributed by atoms with Gasteiger partial charge in [-0.15, -0.1) is 0 Å². The molecule has 1 atom stereocenters. The minimum atomic E-state index is -1.10. The molecule has 464 valence electrons. The highest BCUT2D eigenvalue weighted by molar-refractivity contribution is 6.33. The van der Waals surface area contributed by atoms with Gasteiger partial charge in [0, 0.05) is 63.0 Å². The minimum Gasteiger partial charge on any atom is -0.506 e. The monoisotopic (exact) mass is 1290 g/mol. The summed E-state index contributed by atoms with van der Waals surface area (Å²) in [6.07, 6.45) is 4.73. The van der Waals surface area contributed by atoms with Crippen LogP contribution >= 0.6 is 34.8 Å². The average Bonchev–Trinajstić information content (AvgIpc) is 0.938. The molecular formula is C73H58Cl3N9O8. The van der Waals surface area contributed by atoms with Crippen LogP contribution in [0, 0.1) is 35.5 Å². The zero-order valence-electron chi connectivity index (χ0n) is 49.6. The number of phenolic OH excluding ortho intramolecular Hbond substituents is 3. The maximum atomic E-state index is 12.3. The number of benzene rings is 10. The first-order valence-electron chi connectivity index (χ1n) is 28.4. The average molecular weight is 1300 g/mol. The van der Waals surface area contributed by atoms with Crippen LogP contribution in [-0.2, 0) is 11.3 Å². The van der Waals surface area contributed by atoms with Crippen LogP contribution in [0.5, 0.6) is 17.2 Å². The van der Waals surface area contributed by atoms with E-state index in [1.165, 1.54) is 66.4 Å². The first-order chi connectivity index (χ1) is 45.0. The molecule has 0 aliphatic carbocycles. The van der Waals surface area contributed by atoms with Gasteiger partial charge in [0.15, 0.2) is 0 Å². The van der Waals surface area contributed by atoms with E-state index in [1.807, 2.05) is 115 Å². The number of nitrogens with one attached hydrogen (secondary N) is 3. The Hall–Kier alpha value is -11.3. The number of fused-ring (bicyclic) bond motifs is 3. The third-order valence-corrected chi connectivity index (χ3v) is 14.6.